The minimum atomic E-state index is 0.787. The molecule has 0 aliphatic carbocycles. The molecule has 0 radical (unpaired) electrons. The number of nitrogens with one attached hydrogen (secondary N) is 2. The minimum Gasteiger partial charge on any atom is -0.311 e. The van der Waals surface area contributed by atoms with E-state index in [9.17, 15) is 0 Å². The molecule has 0 spiro atoms. The molecule has 0 amide bonds. The van der Waals surface area contributed by atoms with Crippen LogP contribution in [0.3, 0.4) is 0 Å². The highest BCUT2D eigenvalue weighted by Crippen LogP contribution is 2.22. The zero-order valence-corrected chi connectivity index (χ0v) is 5.72. The number of nitrogens with zero attached hydrogens (tertiary/aromatic N) is 1. The van der Waals surface area contributed by atoms with Crippen molar-refractivity contribution in [3.05, 3.63) is 0 Å². The highest BCUT2D eigenvalue weighted by molar-refractivity contribution is 4.99. The Hall–Kier alpha value is -0.120. The van der Waals surface area contributed by atoms with Crippen LogP contribution in [0.25, 0.3) is 0 Å². The molecule has 2 heterocycles. The monoisotopic (exact) mass is 127 g/mol. The number of rotatable bonds is 1. The van der Waals surface area contributed by atoms with Crippen LogP contribution in [0.15, 0.2) is 0 Å². The van der Waals surface area contributed by atoms with E-state index in [1.54, 1.807) is 0 Å². The van der Waals surface area contributed by atoms with Crippen molar-refractivity contribution < 1.29 is 0 Å². The van der Waals surface area contributed by atoms with Gasteiger partial charge in [0.05, 0.1) is 0 Å². The summed E-state index contributed by atoms with van der Waals surface area (Å²) < 4.78 is 0. The molecule has 0 saturated carbocycles. The van der Waals surface area contributed by atoms with Gasteiger partial charge in [-0.2, -0.15) is 0 Å². The maximum absolute atomic E-state index is 3.44. The van der Waals surface area contributed by atoms with Crippen molar-refractivity contribution in [1.29, 1.82) is 0 Å². The van der Waals surface area contributed by atoms with Crippen molar-refractivity contribution in [3.63, 3.8) is 0 Å². The Kier molecular flexibility index (Phi) is 1.22. The second-order valence-corrected chi connectivity index (χ2v) is 2.79. The Morgan fingerprint density at radius 2 is 2.56 bits per heavy atom. The van der Waals surface area contributed by atoms with Gasteiger partial charge in [-0.25, -0.2) is 5.01 Å². The maximum atomic E-state index is 3.44. The van der Waals surface area contributed by atoms with Gasteiger partial charge in [-0.3, -0.25) is 5.43 Å². The predicted molar refractivity (Wildman–Crippen MR) is 36.0 cm³/mol. The van der Waals surface area contributed by atoms with Gasteiger partial charge >= 0.3 is 0 Å². The summed E-state index contributed by atoms with van der Waals surface area (Å²) >= 11 is 0. The van der Waals surface area contributed by atoms with Gasteiger partial charge in [0, 0.05) is 18.6 Å². The molecule has 0 aromatic heterocycles. The van der Waals surface area contributed by atoms with Gasteiger partial charge in [-0.05, 0) is 20.0 Å². The average Bonchev–Trinajstić information content (AvgIpc) is 2.14. The normalized spacial score (nSPS) is 42.3. The van der Waals surface area contributed by atoms with E-state index < -0.39 is 0 Å². The Morgan fingerprint density at radius 3 is 3.22 bits per heavy atom. The fourth-order valence-corrected chi connectivity index (χ4v) is 1.78. The number of hydrogen-bond acceptors (Lipinski definition) is 3. The van der Waals surface area contributed by atoms with E-state index in [4.69, 9.17) is 0 Å². The number of hydrogen-bond donors (Lipinski definition) is 2. The Morgan fingerprint density at radius 1 is 1.67 bits per heavy atom. The molecule has 2 aliphatic rings. The van der Waals surface area contributed by atoms with E-state index in [0.717, 1.165) is 12.1 Å². The lowest BCUT2D eigenvalue weighted by atomic mass is 10.0. The van der Waals surface area contributed by atoms with Gasteiger partial charge in [-0.15, -0.1) is 0 Å². The van der Waals surface area contributed by atoms with Gasteiger partial charge < -0.3 is 5.32 Å². The van der Waals surface area contributed by atoms with Crippen LogP contribution < -0.4 is 10.7 Å². The van der Waals surface area contributed by atoms with E-state index in [0.29, 0.717) is 0 Å². The summed E-state index contributed by atoms with van der Waals surface area (Å²) in [5.41, 5.74) is 3.17. The van der Waals surface area contributed by atoms with Crippen LogP contribution in [0.2, 0.25) is 0 Å². The first-order chi connectivity index (χ1) is 4.42. The van der Waals surface area contributed by atoms with Crippen LogP contribution in [-0.2, 0) is 0 Å². The van der Waals surface area contributed by atoms with E-state index >= 15 is 0 Å². The van der Waals surface area contributed by atoms with Crippen molar-refractivity contribution in [2.24, 2.45) is 0 Å². The molecule has 52 valence electrons. The standard InChI is InChI=1S/C6H13N3/c1-7-9-4-5-6(9)2-3-8-5/h5-8H,2-4H2,1H3. The molecule has 3 nitrogen and oxygen atoms in total. The Labute approximate surface area is 55.4 Å². The summed E-state index contributed by atoms with van der Waals surface area (Å²) in [6.07, 6.45) is 1.31. The molecule has 0 aromatic carbocycles. The SMILES string of the molecule is CNN1CC2NCCC21. The topological polar surface area (TPSA) is 27.3 Å². The molecule has 0 aromatic rings. The molecular weight excluding hydrogens is 114 g/mol. The lowest BCUT2D eigenvalue weighted by Gasteiger charge is -2.43. The molecule has 9 heavy (non-hydrogen) atoms. The van der Waals surface area contributed by atoms with Crippen LogP contribution in [0.5, 0.6) is 0 Å². The molecule has 2 rings (SSSR count). The molecular formula is C6H13N3. The fourth-order valence-electron chi connectivity index (χ4n) is 1.78. The van der Waals surface area contributed by atoms with Gasteiger partial charge in [0.25, 0.3) is 0 Å². The molecule has 2 aliphatic heterocycles. The third-order valence-corrected chi connectivity index (χ3v) is 2.39. The van der Waals surface area contributed by atoms with Crippen LogP contribution in [0.1, 0.15) is 6.42 Å². The summed E-state index contributed by atoms with van der Waals surface area (Å²) in [5, 5.41) is 5.73. The second-order valence-electron chi connectivity index (χ2n) is 2.79. The molecule has 2 fully saturated rings. The lowest BCUT2D eigenvalue weighted by Crippen LogP contribution is -2.64. The maximum Gasteiger partial charge on any atom is 0.0422 e. The summed E-state index contributed by atoms with van der Waals surface area (Å²) in [7, 11) is 1.99. The van der Waals surface area contributed by atoms with E-state index in [1.165, 1.54) is 19.5 Å². The van der Waals surface area contributed by atoms with Crippen molar-refractivity contribution in [2.75, 3.05) is 20.1 Å². The largest absolute Gasteiger partial charge is 0.311 e. The van der Waals surface area contributed by atoms with Crippen molar-refractivity contribution in [1.82, 2.24) is 15.8 Å². The van der Waals surface area contributed by atoms with Crippen LogP contribution in [0.4, 0.5) is 0 Å². The number of hydrazine groups is 1. The first-order valence-corrected chi connectivity index (χ1v) is 3.59. The lowest BCUT2D eigenvalue weighted by molar-refractivity contribution is 0.0286. The summed E-state index contributed by atoms with van der Waals surface area (Å²) in [6, 6.07) is 1.58. The van der Waals surface area contributed by atoms with Crippen LogP contribution in [0, 0.1) is 0 Å². The smallest absolute Gasteiger partial charge is 0.0422 e. The molecule has 2 atom stereocenters. The number of fused-ring (bicyclic) bond motifs is 1. The van der Waals surface area contributed by atoms with Crippen LogP contribution >= 0.6 is 0 Å². The van der Waals surface area contributed by atoms with Gasteiger partial charge in [-0.1, -0.05) is 0 Å². The first kappa shape index (κ1) is 5.65. The zero-order valence-electron chi connectivity index (χ0n) is 5.72. The van der Waals surface area contributed by atoms with E-state index in [1.807, 2.05) is 7.05 Å². The zero-order chi connectivity index (χ0) is 6.27. The van der Waals surface area contributed by atoms with Crippen LogP contribution in [-0.4, -0.2) is 37.2 Å². The fraction of sp³-hybridized carbons (Fsp3) is 1.00. The van der Waals surface area contributed by atoms with Crippen molar-refractivity contribution >= 4 is 0 Å². The quantitative estimate of drug-likeness (QED) is 0.481. The molecule has 0 bridgehead atoms. The van der Waals surface area contributed by atoms with Gasteiger partial charge in [0.2, 0.25) is 0 Å². The van der Waals surface area contributed by atoms with Gasteiger partial charge in [0.1, 0.15) is 0 Å². The summed E-state index contributed by atoms with van der Waals surface area (Å²) in [5.74, 6) is 0. The van der Waals surface area contributed by atoms with E-state index in [2.05, 4.69) is 15.8 Å². The van der Waals surface area contributed by atoms with E-state index in [-0.39, 0.29) is 0 Å². The molecule has 2 N–H and O–H groups in total. The molecule has 2 unspecified atom stereocenters. The molecule has 3 heteroatoms. The Balaban J connectivity index is 1.93. The third-order valence-electron chi connectivity index (χ3n) is 2.39. The highest BCUT2D eigenvalue weighted by atomic mass is 15.6. The minimum absolute atomic E-state index is 0.787. The van der Waals surface area contributed by atoms with Crippen molar-refractivity contribution in [2.45, 2.75) is 18.5 Å². The summed E-state index contributed by atoms with van der Waals surface area (Å²) in [4.78, 5) is 0. The second kappa shape index (κ2) is 1.94. The Bertz CT molecular complexity index is 115. The molecule has 2 saturated heterocycles. The van der Waals surface area contributed by atoms with Gasteiger partial charge in [0.15, 0.2) is 0 Å². The first-order valence-electron chi connectivity index (χ1n) is 3.59. The van der Waals surface area contributed by atoms with Crippen molar-refractivity contribution in [3.8, 4) is 0 Å². The average molecular weight is 127 g/mol. The summed E-state index contributed by atoms with van der Waals surface area (Å²) in [6.45, 7) is 2.38. The highest BCUT2D eigenvalue weighted by Gasteiger charge is 2.41. The third kappa shape index (κ3) is 0.689. The predicted octanol–water partition coefficient (Wildman–Crippen LogP) is -0.833.